The highest BCUT2D eigenvalue weighted by molar-refractivity contribution is 5.83. The summed E-state index contributed by atoms with van der Waals surface area (Å²) in [7, 11) is 0. The molecule has 0 aromatic heterocycles. The molecule has 2 N–H and O–H groups in total. The van der Waals surface area contributed by atoms with Gasteiger partial charge in [-0.25, -0.2) is 0 Å². The standard InChI is InChI=1S/C17H32N2O/c1-14(2)11-17(8-4-5-9-17)15(20)19-13-16(3)7-6-10-18-12-16/h14,18H,4-13H2,1-3H3,(H,19,20). The Bertz CT molecular complexity index is 326. The highest BCUT2D eigenvalue weighted by Gasteiger charge is 2.41. The number of nitrogens with one attached hydrogen (secondary N) is 2. The van der Waals surface area contributed by atoms with Crippen LogP contribution in [0.2, 0.25) is 0 Å². The number of amides is 1. The minimum atomic E-state index is -0.0629. The second-order valence-corrected chi connectivity index (χ2v) is 7.86. The van der Waals surface area contributed by atoms with Crippen molar-refractivity contribution >= 4 is 5.91 Å². The molecule has 1 aliphatic carbocycles. The third kappa shape index (κ3) is 3.75. The average molecular weight is 280 g/mol. The van der Waals surface area contributed by atoms with Crippen LogP contribution in [0.5, 0.6) is 0 Å². The van der Waals surface area contributed by atoms with Crippen LogP contribution in [0.1, 0.15) is 65.7 Å². The van der Waals surface area contributed by atoms with E-state index < -0.39 is 0 Å². The van der Waals surface area contributed by atoms with Gasteiger partial charge in [-0.15, -0.1) is 0 Å². The van der Waals surface area contributed by atoms with E-state index in [0.717, 1.165) is 38.9 Å². The summed E-state index contributed by atoms with van der Waals surface area (Å²) in [4.78, 5) is 12.8. The van der Waals surface area contributed by atoms with E-state index in [1.807, 2.05) is 0 Å². The van der Waals surface area contributed by atoms with Crippen LogP contribution >= 0.6 is 0 Å². The molecule has 1 amide bonds. The Kier molecular flexibility index (Phi) is 5.11. The van der Waals surface area contributed by atoms with Gasteiger partial charge >= 0.3 is 0 Å². The zero-order valence-corrected chi connectivity index (χ0v) is 13.6. The summed E-state index contributed by atoms with van der Waals surface area (Å²) >= 11 is 0. The lowest BCUT2D eigenvalue weighted by Crippen LogP contribution is -2.49. The summed E-state index contributed by atoms with van der Waals surface area (Å²) in [6.07, 6.45) is 8.12. The molecular weight excluding hydrogens is 248 g/mol. The van der Waals surface area contributed by atoms with Gasteiger partial charge in [0, 0.05) is 18.5 Å². The van der Waals surface area contributed by atoms with Gasteiger partial charge in [-0.1, -0.05) is 33.6 Å². The van der Waals surface area contributed by atoms with Crippen molar-refractivity contribution in [2.45, 2.75) is 65.7 Å². The predicted molar refractivity (Wildman–Crippen MR) is 83.6 cm³/mol. The van der Waals surface area contributed by atoms with E-state index in [4.69, 9.17) is 0 Å². The van der Waals surface area contributed by atoms with Gasteiger partial charge in [-0.2, -0.15) is 0 Å². The lowest BCUT2D eigenvalue weighted by atomic mass is 9.77. The summed E-state index contributed by atoms with van der Waals surface area (Å²) in [5.41, 5.74) is 0.179. The summed E-state index contributed by atoms with van der Waals surface area (Å²) in [5.74, 6) is 0.932. The van der Waals surface area contributed by atoms with E-state index in [1.165, 1.54) is 25.7 Å². The molecule has 2 aliphatic rings. The number of hydrogen-bond donors (Lipinski definition) is 2. The monoisotopic (exact) mass is 280 g/mol. The van der Waals surface area contributed by atoms with Crippen molar-refractivity contribution in [1.29, 1.82) is 0 Å². The van der Waals surface area contributed by atoms with E-state index in [9.17, 15) is 4.79 Å². The second-order valence-electron chi connectivity index (χ2n) is 7.86. The zero-order valence-electron chi connectivity index (χ0n) is 13.6. The van der Waals surface area contributed by atoms with Crippen molar-refractivity contribution in [2.24, 2.45) is 16.7 Å². The fourth-order valence-corrected chi connectivity index (χ4v) is 4.11. The summed E-state index contributed by atoms with van der Waals surface area (Å²) in [6, 6.07) is 0. The first kappa shape index (κ1) is 15.8. The first-order chi connectivity index (χ1) is 9.46. The van der Waals surface area contributed by atoms with Crippen molar-refractivity contribution in [1.82, 2.24) is 10.6 Å². The predicted octanol–water partition coefficient (Wildman–Crippen LogP) is 3.10. The van der Waals surface area contributed by atoms with Gasteiger partial charge in [0.2, 0.25) is 5.91 Å². The molecular formula is C17H32N2O. The first-order valence-corrected chi connectivity index (χ1v) is 8.45. The van der Waals surface area contributed by atoms with E-state index >= 15 is 0 Å². The van der Waals surface area contributed by atoms with Gasteiger partial charge in [-0.05, 0) is 50.0 Å². The van der Waals surface area contributed by atoms with Crippen molar-refractivity contribution in [2.75, 3.05) is 19.6 Å². The maximum Gasteiger partial charge on any atom is 0.226 e. The molecule has 1 aliphatic heterocycles. The molecule has 1 atom stereocenters. The molecule has 0 spiro atoms. The van der Waals surface area contributed by atoms with E-state index in [1.54, 1.807) is 0 Å². The molecule has 1 heterocycles. The fourth-order valence-electron chi connectivity index (χ4n) is 4.11. The SMILES string of the molecule is CC(C)CC1(C(=O)NCC2(C)CCCNC2)CCCC1. The Morgan fingerprint density at radius 2 is 1.90 bits per heavy atom. The van der Waals surface area contributed by atoms with Crippen LogP contribution in [0, 0.1) is 16.7 Å². The number of hydrogen-bond acceptors (Lipinski definition) is 2. The Hall–Kier alpha value is -0.570. The third-order valence-corrected chi connectivity index (χ3v) is 5.20. The summed E-state index contributed by atoms with van der Waals surface area (Å²) < 4.78 is 0. The van der Waals surface area contributed by atoms with Crippen LogP contribution in [0.25, 0.3) is 0 Å². The summed E-state index contributed by atoms with van der Waals surface area (Å²) in [5, 5.41) is 6.76. The molecule has 0 radical (unpaired) electrons. The van der Waals surface area contributed by atoms with Gasteiger partial charge in [-0.3, -0.25) is 4.79 Å². The molecule has 1 saturated carbocycles. The minimum Gasteiger partial charge on any atom is -0.355 e. The smallest absolute Gasteiger partial charge is 0.226 e. The van der Waals surface area contributed by atoms with Crippen molar-refractivity contribution < 1.29 is 4.79 Å². The Morgan fingerprint density at radius 1 is 1.20 bits per heavy atom. The molecule has 0 bridgehead atoms. The fraction of sp³-hybridized carbons (Fsp3) is 0.941. The Labute approximate surface area is 124 Å². The molecule has 1 unspecified atom stereocenters. The number of carbonyl (C=O) groups is 1. The van der Waals surface area contributed by atoms with Crippen LogP contribution in [-0.4, -0.2) is 25.5 Å². The van der Waals surface area contributed by atoms with E-state index in [0.29, 0.717) is 11.8 Å². The maximum absolute atomic E-state index is 12.8. The first-order valence-electron chi connectivity index (χ1n) is 8.45. The van der Waals surface area contributed by atoms with Gasteiger partial charge in [0.05, 0.1) is 0 Å². The van der Waals surface area contributed by atoms with Crippen LogP contribution < -0.4 is 10.6 Å². The minimum absolute atomic E-state index is 0.0629. The highest BCUT2D eigenvalue weighted by Crippen LogP contribution is 2.43. The average Bonchev–Trinajstić information content (AvgIpc) is 2.86. The van der Waals surface area contributed by atoms with Crippen LogP contribution in [0.3, 0.4) is 0 Å². The molecule has 2 rings (SSSR count). The van der Waals surface area contributed by atoms with Gasteiger partial charge in [0.15, 0.2) is 0 Å². The lowest BCUT2D eigenvalue weighted by molar-refractivity contribution is -0.132. The molecule has 3 nitrogen and oxygen atoms in total. The third-order valence-electron chi connectivity index (χ3n) is 5.20. The molecule has 0 aromatic carbocycles. The van der Waals surface area contributed by atoms with Crippen molar-refractivity contribution in [3.05, 3.63) is 0 Å². The van der Waals surface area contributed by atoms with Crippen LogP contribution in [0.4, 0.5) is 0 Å². The lowest BCUT2D eigenvalue weighted by Gasteiger charge is -2.36. The number of carbonyl (C=O) groups excluding carboxylic acids is 1. The van der Waals surface area contributed by atoms with Crippen molar-refractivity contribution in [3.8, 4) is 0 Å². The molecule has 2 fully saturated rings. The van der Waals surface area contributed by atoms with Gasteiger partial charge in [0.25, 0.3) is 0 Å². The Morgan fingerprint density at radius 3 is 2.45 bits per heavy atom. The van der Waals surface area contributed by atoms with Crippen LogP contribution in [0.15, 0.2) is 0 Å². The van der Waals surface area contributed by atoms with E-state index in [2.05, 4.69) is 31.4 Å². The van der Waals surface area contributed by atoms with Gasteiger partial charge < -0.3 is 10.6 Å². The zero-order chi connectivity index (χ0) is 14.6. The maximum atomic E-state index is 12.8. The van der Waals surface area contributed by atoms with Crippen molar-refractivity contribution in [3.63, 3.8) is 0 Å². The Balaban J connectivity index is 1.91. The molecule has 0 aromatic rings. The second kappa shape index (κ2) is 6.46. The molecule has 116 valence electrons. The normalized spacial score (nSPS) is 29.6. The quantitative estimate of drug-likeness (QED) is 0.812. The summed E-state index contributed by atoms with van der Waals surface area (Å²) in [6.45, 7) is 9.76. The molecule has 1 saturated heterocycles. The topological polar surface area (TPSA) is 41.1 Å². The molecule has 3 heteroatoms. The molecule has 20 heavy (non-hydrogen) atoms. The highest BCUT2D eigenvalue weighted by atomic mass is 16.2. The number of rotatable bonds is 5. The van der Waals surface area contributed by atoms with E-state index in [-0.39, 0.29) is 10.8 Å². The van der Waals surface area contributed by atoms with Gasteiger partial charge in [0.1, 0.15) is 0 Å². The largest absolute Gasteiger partial charge is 0.355 e. The van der Waals surface area contributed by atoms with Crippen LogP contribution in [-0.2, 0) is 4.79 Å². The number of piperidine rings is 1.